The smallest absolute Gasteiger partial charge is 0.748 e. The largest absolute Gasteiger partial charge is 1.00 e. The molecule has 0 bridgehead atoms. The van der Waals surface area contributed by atoms with E-state index in [0.29, 0.717) is 13.0 Å². The molecule has 0 saturated carbocycles. The summed E-state index contributed by atoms with van der Waals surface area (Å²) in [5.41, 5.74) is 0. The topological polar surface area (TPSA) is 77.5 Å². The van der Waals surface area contributed by atoms with E-state index >= 15 is 0 Å². The Morgan fingerprint density at radius 3 is 1.42 bits per heavy atom. The summed E-state index contributed by atoms with van der Waals surface area (Å²) in [5.74, 6) is -0.497. The normalized spacial score (nSPS) is 11.3. The fraction of sp³-hybridized carbons (Fsp3) is 0.958. The molecule has 5 nitrogen and oxygen atoms in total. The SMILES string of the molecule is CCCCCCCCCCCCCCCCCC(=O)N(CCCC)CCS(=O)(=O)[O-].[K+]. The van der Waals surface area contributed by atoms with Gasteiger partial charge in [-0.15, -0.1) is 0 Å². The minimum Gasteiger partial charge on any atom is -0.748 e. The van der Waals surface area contributed by atoms with Crippen LogP contribution in [0.4, 0.5) is 0 Å². The number of unbranched alkanes of at least 4 members (excludes halogenated alkanes) is 15. The zero-order valence-corrected chi connectivity index (χ0v) is 24.8. The van der Waals surface area contributed by atoms with Crippen LogP contribution in [0.25, 0.3) is 0 Å². The van der Waals surface area contributed by atoms with Crippen LogP contribution >= 0.6 is 0 Å². The molecule has 1 amide bonds. The molecule has 0 heterocycles. The Morgan fingerprint density at radius 1 is 0.645 bits per heavy atom. The first-order valence-electron chi connectivity index (χ1n) is 12.6. The fourth-order valence-electron chi connectivity index (χ4n) is 3.74. The van der Waals surface area contributed by atoms with Crippen molar-refractivity contribution in [3.63, 3.8) is 0 Å². The summed E-state index contributed by atoms with van der Waals surface area (Å²) in [6, 6.07) is 0. The van der Waals surface area contributed by atoms with Crippen LogP contribution in [0.2, 0.25) is 0 Å². The summed E-state index contributed by atoms with van der Waals surface area (Å²) in [6.07, 6.45) is 21.6. The van der Waals surface area contributed by atoms with Crippen LogP contribution in [0, 0.1) is 0 Å². The van der Waals surface area contributed by atoms with Crippen molar-refractivity contribution in [3.05, 3.63) is 0 Å². The number of amides is 1. The number of carbonyl (C=O) groups excluding carboxylic acids is 1. The summed E-state index contributed by atoms with van der Waals surface area (Å²) in [6.45, 7) is 4.87. The van der Waals surface area contributed by atoms with Crippen LogP contribution in [-0.4, -0.2) is 42.6 Å². The summed E-state index contributed by atoms with van der Waals surface area (Å²) >= 11 is 0. The van der Waals surface area contributed by atoms with Crippen LogP contribution in [0.5, 0.6) is 0 Å². The molecule has 31 heavy (non-hydrogen) atoms. The Balaban J connectivity index is 0. The van der Waals surface area contributed by atoms with Crippen molar-refractivity contribution < 1.29 is 69.1 Å². The molecular formula is C24H48KNO4S. The molecule has 0 aliphatic carbocycles. The maximum atomic E-state index is 12.3. The van der Waals surface area contributed by atoms with Crippen molar-refractivity contribution in [2.45, 2.75) is 129 Å². The van der Waals surface area contributed by atoms with E-state index in [4.69, 9.17) is 0 Å². The maximum Gasteiger partial charge on any atom is 1.00 e. The van der Waals surface area contributed by atoms with Crippen molar-refractivity contribution in [2.75, 3.05) is 18.8 Å². The zero-order valence-electron chi connectivity index (χ0n) is 20.8. The standard InChI is InChI=1S/C24H49NO4S.K/c1-3-5-7-8-9-10-11-12-13-14-15-16-17-18-19-20-24(26)25(21-6-4-2)22-23-30(27,28)29;/h3-23H2,1-2H3,(H,27,28,29);/q;+1/p-1. The van der Waals surface area contributed by atoms with Gasteiger partial charge in [-0.3, -0.25) is 4.79 Å². The molecule has 7 heteroatoms. The van der Waals surface area contributed by atoms with Crippen molar-refractivity contribution in [1.82, 2.24) is 4.90 Å². The van der Waals surface area contributed by atoms with Crippen molar-refractivity contribution >= 4 is 16.0 Å². The number of nitrogens with zero attached hydrogens (tertiary/aromatic N) is 1. The van der Waals surface area contributed by atoms with Crippen LogP contribution < -0.4 is 51.4 Å². The van der Waals surface area contributed by atoms with Crippen LogP contribution in [0.3, 0.4) is 0 Å². The van der Waals surface area contributed by atoms with E-state index < -0.39 is 15.9 Å². The van der Waals surface area contributed by atoms with Crippen LogP contribution in [0.1, 0.15) is 129 Å². The zero-order chi connectivity index (χ0) is 22.5. The van der Waals surface area contributed by atoms with Gasteiger partial charge in [-0.1, -0.05) is 110 Å². The summed E-state index contributed by atoms with van der Waals surface area (Å²) < 4.78 is 32.5. The van der Waals surface area contributed by atoms with Crippen molar-refractivity contribution in [3.8, 4) is 0 Å². The van der Waals surface area contributed by atoms with E-state index in [1.54, 1.807) is 4.90 Å². The summed E-state index contributed by atoms with van der Waals surface area (Å²) in [7, 11) is -4.27. The second-order valence-electron chi connectivity index (χ2n) is 8.70. The van der Waals surface area contributed by atoms with Gasteiger partial charge >= 0.3 is 51.4 Å². The number of rotatable bonds is 22. The van der Waals surface area contributed by atoms with Gasteiger partial charge in [-0.05, 0) is 12.8 Å². The third-order valence-electron chi connectivity index (χ3n) is 5.74. The second-order valence-corrected chi connectivity index (χ2v) is 10.2. The Bertz CT molecular complexity index is 500. The monoisotopic (exact) mass is 485 g/mol. The van der Waals surface area contributed by atoms with Crippen molar-refractivity contribution in [2.24, 2.45) is 0 Å². The molecule has 0 aliphatic rings. The van der Waals surface area contributed by atoms with E-state index in [1.165, 1.54) is 77.0 Å². The van der Waals surface area contributed by atoms with E-state index in [1.807, 2.05) is 6.92 Å². The molecule has 0 spiro atoms. The van der Waals surface area contributed by atoms with Gasteiger partial charge in [0, 0.05) is 19.5 Å². The van der Waals surface area contributed by atoms with Gasteiger partial charge in [0.2, 0.25) is 5.91 Å². The van der Waals surface area contributed by atoms with Gasteiger partial charge in [0.25, 0.3) is 0 Å². The molecule has 0 atom stereocenters. The molecule has 0 rings (SSSR count). The van der Waals surface area contributed by atoms with Crippen LogP contribution in [-0.2, 0) is 14.9 Å². The quantitative estimate of drug-likeness (QED) is 0.134. The van der Waals surface area contributed by atoms with E-state index in [0.717, 1.165) is 32.1 Å². The molecular weight excluding hydrogens is 437 g/mol. The second kappa shape index (κ2) is 24.2. The van der Waals surface area contributed by atoms with E-state index in [9.17, 15) is 17.8 Å². The Labute approximate surface area is 236 Å². The van der Waals surface area contributed by atoms with E-state index in [-0.39, 0.29) is 63.8 Å². The fourth-order valence-corrected chi connectivity index (χ4v) is 4.18. The first-order valence-corrected chi connectivity index (χ1v) is 14.2. The molecule has 0 aliphatic heterocycles. The van der Waals surface area contributed by atoms with Crippen molar-refractivity contribution in [1.29, 1.82) is 0 Å². The minimum atomic E-state index is -4.27. The van der Waals surface area contributed by atoms with E-state index in [2.05, 4.69) is 6.92 Å². The summed E-state index contributed by atoms with van der Waals surface area (Å²) in [4.78, 5) is 13.9. The molecule has 180 valence electrons. The van der Waals surface area contributed by atoms with Gasteiger partial charge < -0.3 is 9.45 Å². The van der Waals surface area contributed by atoms with Gasteiger partial charge in [0.15, 0.2) is 0 Å². The maximum absolute atomic E-state index is 12.3. The molecule has 0 unspecified atom stereocenters. The predicted molar refractivity (Wildman–Crippen MR) is 126 cm³/mol. The molecule has 0 fully saturated rings. The number of carbonyl (C=O) groups is 1. The van der Waals surface area contributed by atoms with Gasteiger partial charge in [-0.2, -0.15) is 0 Å². The molecule has 0 N–H and O–H groups in total. The van der Waals surface area contributed by atoms with Crippen LogP contribution in [0.15, 0.2) is 0 Å². The van der Waals surface area contributed by atoms with Gasteiger partial charge in [0.1, 0.15) is 0 Å². The number of hydrogen-bond acceptors (Lipinski definition) is 4. The van der Waals surface area contributed by atoms with Gasteiger partial charge in [0.05, 0.1) is 15.9 Å². The molecule has 0 aromatic carbocycles. The molecule has 0 aromatic rings. The average molecular weight is 486 g/mol. The Kier molecular flexibility index (Phi) is 26.6. The van der Waals surface area contributed by atoms with Gasteiger partial charge in [-0.25, -0.2) is 8.42 Å². The minimum absolute atomic E-state index is 0. The number of hydrogen-bond donors (Lipinski definition) is 0. The molecule has 0 saturated heterocycles. The Hall–Kier alpha value is 1.02. The summed E-state index contributed by atoms with van der Waals surface area (Å²) in [5, 5.41) is 0. The molecule has 0 aromatic heterocycles. The first kappa shape index (κ1) is 34.2. The molecule has 0 radical (unpaired) electrons. The third kappa shape index (κ3) is 25.5. The third-order valence-corrected chi connectivity index (χ3v) is 6.42. The Morgan fingerprint density at radius 2 is 1.03 bits per heavy atom. The first-order chi connectivity index (χ1) is 14.4. The average Bonchev–Trinajstić information content (AvgIpc) is 2.70. The predicted octanol–water partition coefficient (Wildman–Crippen LogP) is 3.43.